The van der Waals surface area contributed by atoms with Crippen LogP contribution in [0.25, 0.3) is 0 Å². The lowest BCUT2D eigenvalue weighted by Gasteiger charge is -2.23. The Bertz CT molecular complexity index is 941. The fourth-order valence-electron chi connectivity index (χ4n) is 2.68. The summed E-state index contributed by atoms with van der Waals surface area (Å²) in [5.41, 5.74) is -3.21. The van der Waals surface area contributed by atoms with Gasteiger partial charge in [0.15, 0.2) is 0 Å². The van der Waals surface area contributed by atoms with Crippen molar-refractivity contribution < 1.29 is 22.8 Å². The van der Waals surface area contributed by atoms with Crippen molar-refractivity contribution >= 4 is 41.0 Å². The monoisotopic (exact) mass is 437 g/mol. The van der Waals surface area contributed by atoms with Crippen LogP contribution >= 0.6 is 23.5 Å². The molecule has 0 aliphatic carbocycles. The highest BCUT2D eigenvalue weighted by atomic mass is 32.2. The number of carbonyl (C=O) groups is 2. The van der Waals surface area contributed by atoms with Crippen LogP contribution < -0.4 is 5.32 Å². The van der Waals surface area contributed by atoms with Gasteiger partial charge in [-0.3, -0.25) is 9.59 Å². The SMILES string of the molecule is N#Cc1ccc(NC(=O)C2CSCN2C(=O)c2ccc(SC(F)(F)F)cc2)cc1. The van der Waals surface area contributed by atoms with Crippen molar-refractivity contribution in [1.82, 2.24) is 4.90 Å². The summed E-state index contributed by atoms with van der Waals surface area (Å²) in [6.07, 6.45) is 0. The molecule has 29 heavy (non-hydrogen) atoms. The Balaban J connectivity index is 1.68. The van der Waals surface area contributed by atoms with Gasteiger partial charge < -0.3 is 10.2 Å². The molecule has 2 aromatic carbocycles. The Morgan fingerprint density at radius 1 is 1.14 bits per heavy atom. The third-order valence-electron chi connectivity index (χ3n) is 4.06. The number of anilines is 1. The molecule has 5 nitrogen and oxygen atoms in total. The Morgan fingerprint density at radius 2 is 1.79 bits per heavy atom. The van der Waals surface area contributed by atoms with E-state index in [0.717, 1.165) is 0 Å². The second kappa shape index (κ2) is 8.80. The molecule has 1 aliphatic rings. The van der Waals surface area contributed by atoms with Crippen LogP contribution in [0.4, 0.5) is 18.9 Å². The van der Waals surface area contributed by atoms with Gasteiger partial charge in [-0.05, 0) is 60.3 Å². The number of alkyl halides is 3. The quantitative estimate of drug-likeness (QED) is 0.721. The number of rotatable bonds is 4. The van der Waals surface area contributed by atoms with Gasteiger partial charge in [0.25, 0.3) is 5.91 Å². The number of nitrogens with one attached hydrogen (secondary N) is 1. The fraction of sp³-hybridized carbons (Fsp3) is 0.211. The zero-order chi connectivity index (χ0) is 21.0. The van der Waals surface area contributed by atoms with Gasteiger partial charge in [0.2, 0.25) is 5.91 Å². The van der Waals surface area contributed by atoms with Crippen molar-refractivity contribution in [2.75, 3.05) is 16.9 Å². The second-order valence-corrected chi connectivity index (χ2v) is 8.18. The average Bonchev–Trinajstić information content (AvgIpc) is 3.17. The van der Waals surface area contributed by atoms with E-state index in [9.17, 15) is 22.8 Å². The van der Waals surface area contributed by atoms with Gasteiger partial charge in [-0.2, -0.15) is 18.4 Å². The van der Waals surface area contributed by atoms with Crippen molar-refractivity contribution in [3.63, 3.8) is 0 Å². The predicted molar refractivity (Wildman–Crippen MR) is 105 cm³/mol. The molecule has 1 unspecified atom stereocenters. The molecular weight excluding hydrogens is 423 g/mol. The number of hydrogen-bond acceptors (Lipinski definition) is 5. The molecule has 1 saturated heterocycles. The minimum Gasteiger partial charge on any atom is -0.324 e. The lowest BCUT2D eigenvalue weighted by Crippen LogP contribution is -2.44. The van der Waals surface area contributed by atoms with E-state index < -0.39 is 17.5 Å². The molecule has 1 aliphatic heterocycles. The van der Waals surface area contributed by atoms with Crippen LogP contribution in [-0.2, 0) is 4.79 Å². The smallest absolute Gasteiger partial charge is 0.324 e. The first kappa shape index (κ1) is 21.1. The van der Waals surface area contributed by atoms with Gasteiger partial charge in [0.05, 0.1) is 17.5 Å². The average molecular weight is 437 g/mol. The van der Waals surface area contributed by atoms with E-state index >= 15 is 0 Å². The van der Waals surface area contributed by atoms with Crippen LogP contribution in [-0.4, -0.2) is 39.9 Å². The first-order valence-electron chi connectivity index (χ1n) is 8.32. The molecule has 0 bridgehead atoms. The van der Waals surface area contributed by atoms with Crippen LogP contribution in [0.3, 0.4) is 0 Å². The highest BCUT2D eigenvalue weighted by Crippen LogP contribution is 2.37. The lowest BCUT2D eigenvalue weighted by molar-refractivity contribution is -0.119. The Kier molecular flexibility index (Phi) is 6.39. The van der Waals surface area contributed by atoms with Crippen LogP contribution in [0.2, 0.25) is 0 Å². The molecule has 150 valence electrons. The van der Waals surface area contributed by atoms with Crippen LogP contribution in [0.5, 0.6) is 0 Å². The van der Waals surface area contributed by atoms with Crippen LogP contribution in [0.15, 0.2) is 53.4 Å². The molecule has 1 N–H and O–H groups in total. The number of halogens is 3. The summed E-state index contributed by atoms with van der Waals surface area (Å²) in [6.45, 7) is 0. The van der Waals surface area contributed by atoms with Crippen molar-refractivity contribution in [3.8, 4) is 6.07 Å². The molecule has 0 spiro atoms. The first-order chi connectivity index (χ1) is 13.8. The van der Waals surface area contributed by atoms with E-state index in [1.165, 1.54) is 40.9 Å². The van der Waals surface area contributed by atoms with E-state index in [2.05, 4.69) is 5.32 Å². The number of thioether (sulfide) groups is 2. The number of amides is 2. The zero-order valence-corrected chi connectivity index (χ0v) is 16.4. The molecule has 2 aromatic rings. The number of carbonyl (C=O) groups excluding carboxylic acids is 2. The minimum atomic E-state index is -4.40. The molecule has 0 saturated carbocycles. The van der Waals surface area contributed by atoms with Gasteiger partial charge in [0.1, 0.15) is 6.04 Å². The van der Waals surface area contributed by atoms with Crippen molar-refractivity contribution in [2.45, 2.75) is 16.4 Å². The second-order valence-electron chi connectivity index (χ2n) is 6.04. The fourth-order valence-corrected chi connectivity index (χ4v) is 4.37. The van der Waals surface area contributed by atoms with Crippen molar-refractivity contribution in [1.29, 1.82) is 5.26 Å². The predicted octanol–water partition coefficient (Wildman–Crippen LogP) is 4.32. The number of hydrogen-bond donors (Lipinski definition) is 1. The Hall–Kier alpha value is -2.64. The number of nitrogens with zero attached hydrogens (tertiary/aromatic N) is 2. The third kappa shape index (κ3) is 5.46. The van der Waals surface area contributed by atoms with Crippen molar-refractivity contribution in [3.05, 3.63) is 59.7 Å². The van der Waals surface area contributed by atoms with Crippen molar-refractivity contribution in [2.24, 2.45) is 0 Å². The molecule has 0 radical (unpaired) electrons. The summed E-state index contributed by atoms with van der Waals surface area (Å²) in [5.74, 6) is -0.0602. The topological polar surface area (TPSA) is 73.2 Å². The third-order valence-corrected chi connectivity index (χ3v) is 5.81. The number of benzene rings is 2. The molecule has 0 aromatic heterocycles. The van der Waals surface area contributed by atoms with Gasteiger partial charge in [-0.25, -0.2) is 0 Å². The van der Waals surface area contributed by atoms with E-state index in [-0.39, 0.29) is 28.1 Å². The van der Waals surface area contributed by atoms with Gasteiger partial charge >= 0.3 is 5.51 Å². The first-order valence-corrected chi connectivity index (χ1v) is 10.3. The molecule has 2 amide bonds. The normalized spacial score (nSPS) is 16.3. The standard InChI is InChI=1S/C19H14F3N3O2S2/c20-19(21,22)29-15-7-3-13(4-8-15)18(27)25-11-28-10-16(25)17(26)24-14-5-1-12(9-23)2-6-14/h1-8,16H,10-11H2,(H,24,26). The summed E-state index contributed by atoms with van der Waals surface area (Å²) >= 11 is 1.17. The summed E-state index contributed by atoms with van der Waals surface area (Å²) in [4.78, 5) is 26.8. The van der Waals surface area contributed by atoms with Crippen LogP contribution in [0, 0.1) is 11.3 Å². The molecule has 10 heteroatoms. The van der Waals surface area contributed by atoms with E-state index in [1.54, 1.807) is 24.3 Å². The van der Waals surface area contributed by atoms with E-state index in [1.807, 2.05) is 6.07 Å². The summed E-state index contributed by atoms with van der Waals surface area (Å²) < 4.78 is 37.3. The maximum absolute atomic E-state index is 12.8. The number of nitriles is 1. The summed E-state index contributed by atoms with van der Waals surface area (Å²) in [5, 5.41) is 11.5. The maximum atomic E-state index is 12.8. The Morgan fingerprint density at radius 3 is 2.38 bits per heavy atom. The van der Waals surface area contributed by atoms with E-state index in [0.29, 0.717) is 22.9 Å². The van der Waals surface area contributed by atoms with Crippen LogP contribution in [0.1, 0.15) is 15.9 Å². The van der Waals surface area contributed by atoms with Gasteiger partial charge in [-0.15, -0.1) is 11.8 Å². The van der Waals surface area contributed by atoms with Gasteiger partial charge in [-0.1, -0.05) is 0 Å². The molecule has 1 atom stereocenters. The lowest BCUT2D eigenvalue weighted by atomic mass is 10.1. The molecule has 3 rings (SSSR count). The maximum Gasteiger partial charge on any atom is 0.446 e. The molecule has 1 heterocycles. The largest absolute Gasteiger partial charge is 0.446 e. The molecule has 1 fully saturated rings. The minimum absolute atomic E-state index is 0.0139. The summed E-state index contributed by atoms with van der Waals surface area (Å²) in [6, 6.07) is 12.8. The Labute approximate surface area is 173 Å². The molecular formula is C19H14F3N3O2S2. The van der Waals surface area contributed by atoms with Gasteiger partial charge in [0, 0.05) is 21.9 Å². The van der Waals surface area contributed by atoms with E-state index in [4.69, 9.17) is 5.26 Å². The zero-order valence-electron chi connectivity index (χ0n) is 14.8. The highest BCUT2D eigenvalue weighted by Gasteiger charge is 2.35. The highest BCUT2D eigenvalue weighted by molar-refractivity contribution is 8.00. The summed E-state index contributed by atoms with van der Waals surface area (Å²) in [7, 11) is 0.